The Morgan fingerprint density at radius 1 is 1.47 bits per heavy atom. The van der Waals surface area contributed by atoms with Crippen molar-refractivity contribution in [2.45, 2.75) is 12.3 Å². The van der Waals surface area contributed by atoms with E-state index >= 15 is 0 Å². The van der Waals surface area contributed by atoms with E-state index in [9.17, 15) is 4.79 Å². The average molecular weight is 266 g/mol. The molecular formula is C10H8BrN3O. The van der Waals surface area contributed by atoms with Gasteiger partial charge in [-0.15, -0.1) is 0 Å². The summed E-state index contributed by atoms with van der Waals surface area (Å²) in [6.45, 7) is 0. The van der Waals surface area contributed by atoms with Crippen molar-refractivity contribution in [2.24, 2.45) is 11.0 Å². The van der Waals surface area contributed by atoms with Gasteiger partial charge < -0.3 is 0 Å². The summed E-state index contributed by atoms with van der Waals surface area (Å²) in [4.78, 5) is 13.7. The second-order valence-corrected chi connectivity index (χ2v) is 4.44. The third-order valence-electron chi connectivity index (χ3n) is 2.55. The molecule has 2 atom stereocenters. The lowest BCUT2D eigenvalue weighted by Gasteiger charge is -1.98. The van der Waals surface area contributed by atoms with E-state index in [1.807, 2.05) is 24.3 Å². The number of hydrogen-bond acceptors (Lipinski definition) is 1. The van der Waals surface area contributed by atoms with Crippen molar-refractivity contribution < 1.29 is 4.79 Å². The van der Waals surface area contributed by atoms with Crippen molar-refractivity contribution in [3.8, 4) is 0 Å². The van der Waals surface area contributed by atoms with Gasteiger partial charge in [-0.05, 0) is 40.7 Å². The molecule has 0 aromatic heterocycles. The Labute approximate surface area is 95.0 Å². The van der Waals surface area contributed by atoms with Crippen molar-refractivity contribution in [3.63, 3.8) is 0 Å². The number of amides is 1. The van der Waals surface area contributed by atoms with E-state index in [0.29, 0.717) is 0 Å². The molecule has 1 aromatic carbocycles. The third kappa shape index (κ3) is 2.19. The van der Waals surface area contributed by atoms with Gasteiger partial charge in [0.1, 0.15) is 0 Å². The molecule has 0 radical (unpaired) electrons. The molecule has 1 fully saturated rings. The molecule has 0 heterocycles. The summed E-state index contributed by atoms with van der Waals surface area (Å²) in [6.07, 6.45) is 0.791. The minimum Gasteiger partial charge on any atom is -0.292 e. The number of carbonyl (C=O) groups is 1. The maximum absolute atomic E-state index is 11.2. The molecule has 5 heteroatoms. The van der Waals surface area contributed by atoms with Gasteiger partial charge in [-0.1, -0.05) is 28.1 Å². The fraction of sp³-hybridized carbons (Fsp3) is 0.300. The maximum atomic E-state index is 11.2. The molecule has 15 heavy (non-hydrogen) atoms. The van der Waals surface area contributed by atoms with Crippen molar-refractivity contribution in [2.75, 3.05) is 0 Å². The van der Waals surface area contributed by atoms with Crippen molar-refractivity contribution in [1.29, 1.82) is 0 Å². The molecule has 1 amide bonds. The predicted octanol–water partition coefficient (Wildman–Crippen LogP) is 3.39. The van der Waals surface area contributed by atoms with Gasteiger partial charge in [-0.3, -0.25) is 4.79 Å². The topological polar surface area (TPSA) is 65.8 Å². The molecule has 1 aliphatic carbocycles. The molecule has 0 unspecified atom stereocenters. The number of carbonyl (C=O) groups excluding carboxylic acids is 1. The van der Waals surface area contributed by atoms with Crippen LogP contribution in [0.3, 0.4) is 0 Å². The van der Waals surface area contributed by atoms with Crippen LogP contribution in [-0.2, 0) is 4.79 Å². The Morgan fingerprint density at radius 2 is 2.13 bits per heavy atom. The van der Waals surface area contributed by atoms with E-state index in [-0.39, 0.29) is 17.7 Å². The number of azide groups is 1. The van der Waals surface area contributed by atoms with E-state index < -0.39 is 0 Å². The predicted molar refractivity (Wildman–Crippen MR) is 59.1 cm³/mol. The van der Waals surface area contributed by atoms with Gasteiger partial charge in [-0.2, -0.15) is 0 Å². The molecular weight excluding hydrogens is 258 g/mol. The maximum Gasteiger partial charge on any atom is 0.222 e. The highest BCUT2D eigenvalue weighted by atomic mass is 79.9. The first-order chi connectivity index (χ1) is 7.22. The van der Waals surface area contributed by atoms with Gasteiger partial charge in [-0.25, -0.2) is 0 Å². The summed E-state index contributed by atoms with van der Waals surface area (Å²) in [5, 5.41) is 3.11. The fourth-order valence-corrected chi connectivity index (χ4v) is 1.93. The average Bonchev–Trinajstić information content (AvgIpc) is 2.99. The van der Waals surface area contributed by atoms with Crippen molar-refractivity contribution in [1.82, 2.24) is 0 Å². The highest BCUT2D eigenvalue weighted by Gasteiger charge is 2.43. The molecule has 0 N–H and O–H groups in total. The summed E-state index contributed by atoms with van der Waals surface area (Å²) < 4.78 is 1.02. The van der Waals surface area contributed by atoms with Crippen molar-refractivity contribution in [3.05, 3.63) is 44.7 Å². The van der Waals surface area contributed by atoms with Gasteiger partial charge in [0.15, 0.2) is 0 Å². The number of rotatable bonds is 2. The summed E-state index contributed by atoms with van der Waals surface area (Å²) in [7, 11) is 0. The molecule has 1 aromatic rings. The second-order valence-electron chi connectivity index (χ2n) is 3.53. The molecule has 0 spiro atoms. The fourth-order valence-electron chi connectivity index (χ4n) is 1.66. The zero-order chi connectivity index (χ0) is 10.8. The molecule has 0 saturated heterocycles. The van der Waals surface area contributed by atoms with Crippen LogP contribution in [0.4, 0.5) is 0 Å². The van der Waals surface area contributed by atoms with Crippen LogP contribution in [0.5, 0.6) is 0 Å². The minimum absolute atomic E-state index is 0.109. The summed E-state index contributed by atoms with van der Waals surface area (Å²) >= 11 is 3.35. The Hall–Kier alpha value is -1.32. The number of halogens is 1. The molecule has 1 saturated carbocycles. The number of benzene rings is 1. The van der Waals surface area contributed by atoms with Crippen LogP contribution < -0.4 is 0 Å². The van der Waals surface area contributed by atoms with E-state index in [0.717, 1.165) is 16.5 Å². The molecule has 2 rings (SSSR count). The lowest BCUT2D eigenvalue weighted by molar-refractivity contribution is -0.119. The summed E-state index contributed by atoms with van der Waals surface area (Å²) in [5.74, 6) is -0.219. The third-order valence-corrected chi connectivity index (χ3v) is 3.08. The quantitative estimate of drug-likeness (QED) is 0.459. The van der Waals surface area contributed by atoms with Gasteiger partial charge in [0.2, 0.25) is 5.91 Å². The van der Waals surface area contributed by atoms with Gasteiger partial charge in [0.05, 0.1) is 0 Å². The first-order valence-electron chi connectivity index (χ1n) is 4.57. The number of nitrogens with zero attached hydrogens (tertiary/aromatic N) is 3. The molecule has 1 aliphatic rings. The van der Waals surface area contributed by atoms with Crippen LogP contribution >= 0.6 is 15.9 Å². The van der Waals surface area contributed by atoms with Gasteiger partial charge in [0, 0.05) is 15.3 Å². The minimum atomic E-state index is -0.342. The monoisotopic (exact) mass is 265 g/mol. The van der Waals surface area contributed by atoms with Gasteiger partial charge in [0.25, 0.3) is 0 Å². The lowest BCUT2D eigenvalue weighted by Crippen LogP contribution is -1.96. The highest BCUT2D eigenvalue weighted by molar-refractivity contribution is 9.10. The Kier molecular flexibility index (Phi) is 2.75. The number of hydrogen-bond donors (Lipinski definition) is 0. The normalized spacial score (nSPS) is 23.0. The van der Waals surface area contributed by atoms with E-state index in [4.69, 9.17) is 5.53 Å². The Bertz CT molecular complexity index is 436. The lowest BCUT2D eigenvalue weighted by atomic mass is 10.1. The second kappa shape index (κ2) is 4.04. The molecule has 0 aliphatic heterocycles. The first kappa shape index (κ1) is 10.2. The Morgan fingerprint density at radius 3 is 2.73 bits per heavy atom. The van der Waals surface area contributed by atoms with Crippen LogP contribution in [-0.4, -0.2) is 5.91 Å². The van der Waals surface area contributed by atoms with Crippen LogP contribution in [0, 0.1) is 5.92 Å². The largest absolute Gasteiger partial charge is 0.292 e. The van der Waals surface area contributed by atoms with Gasteiger partial charge >= 0.3 is 0 Å². The standard InChI is InChI=1S/C10H8BrN3O/c11-7-3-1-6(2-4-7)8-5-9(8)10(15)13-14-12/h1-4,8-9H,5H2/t8-,9+/m1/s1. The molecule has 4 nitrogen and oxygen atoms in total. The molecule has 0 bridgehead atoms. The first-order valence-corrected chi connectivity index (χ1v) is 5.36. The van der Waals surface area contributed by atoms with E-state index in [2.05, 4.69) is 26.0 Å². The van der Waals surface area contributed by atoms with Crippen molar-refractivity contribution >= 4 is 21.8 Å². The SMILES string of the molecule is [N-]=[N+]=NC(=O)[C@H]1C[C@@H]1c1ccc(Br)cc1. The smallest absolute Gasteiger partial charge is 0.222 e. The zero-order valence-electron chi connectivity index (χ0n) is 7.80. The Balaban J connectivity index is 2.08. The van der Waals surface area contributed by atoms with E-state index in [1.165, 1.54) is 0 Å². The van der Waals surface area contributed by atoms with Crippen LogP contribution in [0.15, 0.2) is 33.9 Å². The highest BCUT2D eigenvalue weighted by Crippen LogP contribution is 2.48. The molecule has 76 valence electrons. The summed E-state index contributed by atoms with van der Waals surface area (Å²) in [5.41, 5.74) is 9.27. The van der Waals surface area contributed by atoms with Crippen LogP contribution in [0.2, 0.25) is 0 Å². The summed E-state index contributed by atoms with van der Waals surface area (Å²) in [6, 6.07) is 7.86. The van der Waals surface area contributed by atoms with E-state index in [1.54, 1.807) is 0 Å². The van der Waals surface area contributed by atoms with Crippen LogP contribution in [0.25, 0.3) is 10.4 Å². The van der Waals surface area contributed by atoms with Crippen LogP contribution in [0.1, 0.15) is 17.9 Å². The zero-order valence-corrected chi connectivity index (χ0v) is 9.39.